The summed E-state index contributed by atoms with van der Waals surface area (Å²) in [5.41, 5.74) is 2.35. The maximum atomic E-state index is 14.6. The van der Waals surface area contributed by atoms with Crippen LogP contribution in [0.1, 0.15) is 142 Å². The van der Waals surface area contributed by atoms with Crippen LogP contribution in [-0.2, 0) is 52.4 Å². The fourth-order valence-corrected chi connectivity index (χ4v) is 11.0. The van der Waals surface area contributed by atoms with E-state index in [2.05, 4.69) is 4.98 Å². The SMILES string of the molecule is COC1C(=O)[C@H](C)C[C@H](C)/C=C/C=C/C=C(\C)[C@@H](OC)C[C@@H]2CC[C@@H](C)[C@@](O)(O2)C(=O)C(=O)N2CCCC[C@H]2C(=O)O[C@H]([C@H](C)C[C@@H]2CC[C@@H](OC(=O)c3ccc(C)nc3)[C@H](OC)C2)CC(=O)[C@H](C)/C=C(\C)[C@H]1O. The second-order valence-electron chi connectivity index (χ2n) is 21.7. The van der Waals surface area contributed by atoms with E-state index in [4.69, 9.17) is 28.4 Å². The molecule has 1 aliphatic carbocycles. The van der Waals surface area contributed by atoms with E-state index in [1.807, 2.05) is 65.0 Å². The minimum absolute atomic E-state index is 0.00299. The van der Waals surface area contributed by atoms with Gasteiger partial charge in [-0.1, -0.05) is 71.1 Å². The van der Waals surface area contributed by atoms with Crippen molar-refractivity contribution < 1.29 is 67.4 Å². The summed E-state index contributed by atoms with van der Waals surface area (Å²) in [5, 5.41) is 23.6. The number of hydrogen-bond acceptors (Lipinski definition) is 15. The number of fused-ring (bicyclic) bond motifs is 3. The Morgan fingerprint density at radius 1 is 0.865 bits per heavy atom. The molecule has 16 nitrogen and oxygen atoms in total. The van der Waals surface area contributed by atoms with Gasteiger partial charge in [0.25, 0.3) is 11.7 Å². The number of carbonyl (C=O) groups excluding carboxylic acids is 6. The number of carbonyl (C=O) groups is 6. The number of ether oxygens (including phenoxy) is 6. The van der Waals surface area contributed by atoms with Crippen molar-refractivity contribution in [2.75, 3.05) is 27.9 Å². The highest BCUT2D eigenvalue weighted by Gasteiger charge is 2.53. The Morgan fingerprint density at radius 3 is 2.28 bits per heavy atom. The molecule has 1 aromatic heterocycles. The van der Waals surface area contributed by atoms with Crippen molar-refractivity contribution >= 4 is 35.2 Å². The number of nitrogens with zero attached hydrogens (tertiary/aromatic N) is 2. The van der Waals surface area contributed by atoms with Crippen molar-refractivity contribution in [2.24, 2.45) is 35.5 Å². The molecular formula is C58H84N2O14. The Hall–Kier alpha value is -4.71. The number of aliphatic hydroxyl groups is 2. The minimum Gasteiger partial charge on any atom is -0.460 e. The molecular weight excluding hydrogens is 949 g/mol. The molecule has 16 heteroatoms. The Balaban J connectivity index is 1.44. The van der Waals surface area contributed by atoms with E-state index in [1.54, 1.807) is 53.2 Å². The van der Waals surface area contributed by atoms with Crippen LogP contribution in [-0.4, -0.2) is 138 Å². The zero-order valence-corrected chi connectivity index (χ0v) is 45.7. The van der Waals surface area contributed by atoms with E-state index in [0.29, 0.717) is 75.3 Å². The molecule has 1 amide bonds. The Bertz CT molecular complexity index is 2220. The second kappa shape index (κ2) is 27.9. The zero-order chi connectivity index (χ0) is 54.4. The summed E-state index contributed by atoms with van der Waals surface area (Å²) in [4.78, 5) is 89.9. The molecule has 0 aromatic carbocycles. The van der Waals surface area contributed by atoms with Crippen molar-refractivity contribution in [1.82, 2.24) is 9.88 Å². The highest BCUT2D eigenvalue weighted by atomic mass is 16.6. The lowest BCUT2D eigenvalue weighted by atomic mass is 9.78. The number of rotatable bonds is 8. The van der Waals surface area contributed by atoms with Gasteiger partial charge in [-0.2, -0.15) is 0 Å². The third kappa shape index (κ3) is 15.7. The largest absolute Gasteiger partial charge is 0.460 e. The second-order valence-corrected chi connectivity index (χ2v) is 21.7. The number of Topliss-reactive ketones (excluding diaryl/α,β-unsaturated/α-hetero) is 3. The first-order chi connectivity index (χ1) is 35.1. The monoisotopic (exact) mass is 1030 g/mol. The number of esters is 2. The number of aryl methyl sites for hydroxylation is 1. The molecule has 0 radical (unpaired) electrons. The molecule has 1 unspecified atom stereocenters. The van der Waals surface area contributed by atoms with E-state index in [0.717, 1.165) is 11.3 Å². The number of aromatic nitrogens is 1. The third-order valence-corrected chi connectivity index (χ3v) is 15.9. The summed E-state index contributed by atoms with van der Waals surface area (Å²) >= 11 is 0. The smallest absolute Gasteiger partial charge is 0.340 e. The highest BCUT2D eigenvalue weighted by molar-refractivity contribution is 6.39. The van der Waals surface area contributed by atoms with Gasteiger partial charge in [-0.05, 0) is 126 Å². The van der Waals surface area contributed by atoms with Gasteiger partial charge in [0, 0.05) is 70.4 Å². The molecule has 0 spiro atoms. The van der Waals surface area contributed by atoms with Gasteiger partial charge in [-0.25, -0.2) is 9.59 Å². The highest BCUT2D eigenvalue weighted by Crippen LogP contribution is 2.38. The normalized spacial score (nSPS) is 36.8. The molecule has 410 valence electrons. The third-order valence-electron chi connectivity index (χ3n) is 15.9. The van der Waals surface area contributed by atoms with Crippen LogP contribution in [0.2, 0.25) is 0 Å². The number of piperidine rings is 1. The van der Waals surface area contributed by atoms with E-state index >= 15 is 0 Å². The van der Waals surface area contributed by atoms with Crippen LogP contribution in [0.15, 0.2) is 65.9 Å². The van der Waals surface area contributed by atoms with Crippen LogP contribution in [0.4, 0.5) is 0 Å². The average Bonchev–Trinajstić information content (AvgIpc) is 3.38. The minimum atomic E-state index is -2.45. The zero-order valence-electron chi connectivity index (χ0n) is 45.7. The maximum absolute atomic E-state index is 14.6. The fourth-order valence-electron chi connectivity index (χ4n) is 11.0. The summed E-state index contributed by atoms with van der Waals surface area (Å²) in [7, 11) is 4.52. The number of ketones is 3. The van der Waals surface area contributed by atoms with Crippen molar-refractivity contribution in [1.29, 1.82) is 0 Å². The molecule has 4 aliphatic rings. The van der Waals surface area contributed by atoms with Gasteiger partial charge < -0.3 is 43.5 Å². The molecule has 1 aromatic rings. The Labute approximate surface area is 438 Å². The number of allylic oxidation sites excluding steroid dienone is 6. The van der Waals surface area contributed by atoms with E-state index < -0.39 is 102 Å². The fraction of sp³-hybridized carbons (Fsp3) is 0.672. The maximum Gasteiger partial charge on any atom is 0.340 e. The summed E-state index contributed by atoms with van der Waals surface area (Å²) in [6, 6.07) is 2.24. The molecule has 3 aliphatic heterocycles. The number of methoxy groups -OCH3 is 3. The predicted octanol–water partition coefficient (Wildman–Crippen LogP) is 7.75. The molecule has 74 heavy (non-hydrogen) atoms. The molecule has 2 saturated heterocycles. The van der Waals surface area contributed by atoms with Gasteiger partial charge >= 0.3 is 11.9 Å². The standard InChI is InChI=1S/C58H84N2O14/c1-34-17-13-12-14-18-35(2)48(69-9)31-44-24-20-40(7)58(68,74-44)54(64)55(65)60-26-16-15-19-45(60)57(67)73-49(32-46(61)36(3)28-39(6)52(63)53(71-11)51(62)38(5)27-34)37(4)29-42-22-25-47(50(30-42)70-10)72-56(66)43-23-21-41(8)59-33-43/h12-14,17-18,21,23,28,33-34,36-38,40,42,44-45,47-50,52-53,63,68H,15-16,19-20,22,24-27,29-32H2,1-11H3/b14-12+,17-13+,35-18+,39-28+/t34-,36-,37-,38-,40-,42+,44+,45+,47-,48+,49+,50-,52-,53?,58-/m1/s1. The van der Waals surface area contributed by atoms with E-state index in [1.165, 1.54) is 18.2 Å². The molecule has 4 heterocycles. The van der Waals surface area contributed by atoms with Gasteiger partial charge in [0.2, 0.25) is 5.79 Å². The van der Waals surface area contributed by atoms with Gasteiger partial charge in [0.15, 0.2) is 5.78 Å². The van der Waals surface area contributed by atoms with E-state index in [-0.39, 0.29) is 42.8 Å². The van der Waals surface area contributed by atoms with Crippen LogP contribution in [0.5, 0.6) is 0 Å². The lowest BCUT2D eigenvalue weighted by Gasteiger charge is -2.42. The summed E-state index contributed by atoms with van der Waals surface area (Å²) in [6.07, 6.45) is 12.1. The van der Waals surface area contributed by atoms with Crippen molar-refractivity contribution in [3.8, 4) is 0 Å². The molecule has 2 N–H and O–H groups in total. The van der Waals surface area contributed by atoms with Gasteiger partial charge in [-0.3, -0.25) is 24.2 Å². The molecule has 1 saturated carbocycles. The number of pyridine rings is 1. The van der Waals surface area contributed by atoms with Crippen molar-refractivity contribution in [3.05, 3.63) is 77.2 Å². The van der Waals surface area contributed by atoms with E-state index in [9.17, 15) is 39.0 Å². The summed E-state index contributed by atoms with van der Waals surface area (Å²) in [6.45, 7) is 14.5. The molecule has 5 rings (SSSR count). The molecule has 2 bridgehead atoms. The molecule has 15 atom stereocenters. The van der Waals surface area contributed by atoms with Crippen molar-refractivity contribution in [3.63, 3.8) is 0 Å². The van der Waals surface area contributed by atoms with Gasteiger partial charge in [0.05, 0.1) is 23.9 Å². The first-order valence-corrected chi connectivity index (χ1v) is 26.7. The number of hydrogen-bond donors (Lipinski definition) is 2. The van der Waals surface area contributed by atoms with Crippen LogP contribution in [0.25, 0.3) is 0 Å². The first-order valence-electron chi connectivity index (χ1n) is 26.7. The predicted molar refractivity (Wildman–Crippen MR) is 277 cm³/mol. The average molecular weight is 1030 g/mol. The quantitative estimate of drug-likeness (QED) is 0.145. The Morgan fingerprint density at radius 2 is 1.61 bits per heavy atom. The van der Waals surface area contributed by atoms with Crippen LogP contribution < -0.4 is 0 Å². The number of cyclic esters (lactones) is 1. The van der Waals surface area contributed by atoms with Gasteiger partial charge in [0.1, 0.15) is 36.2 Å². The summed E-state index contributed by atoms with van der Waals surface area (Å²) < 4.78 is 35.8. The topological polar surface area (TPSA) is 214 Å². The lowest BCUT2D eigenvalue weighted by molar-refractivity contribution is -0.265. The molecule has 3 fully saturated rings. The van der Waals surface area contributed by atoms with Crippen LogP contribution in [0, 0.1) is 42.4 Å². The first kappa shape index (κ1) is 60.2. The summed E-state index contributed by atoms with van der Waals surface area (Å²) in [5.74, 6) is -8.83. The van der Waals surface area contributed by atoms with Crippen LogP contribution >= 0.6 is 0 Å². The lowest BCUT2D eigenvalue weighted by Crippen LogP contribution is -2.61. The number of amides is 1. The number of aliphatic hydroxyl groups excluding tert-OH is 1. The van der Waals surface area contributed by atoms with Gasteiger partial charge in [-0.15, -0.1) is 0 Å². The van der Waals surface area contributed by atoms with Crippen molar-refractivity contribution in [2.45, 2.75) is 187 Å². The Kier molecular flexibility index (Phi) is 22.7. The van der Waals surface area contributed by atoms with Crippen LogP contribution in [0.3, 0.4) is 0 Å².